The summed E-state index contributed by atoms with van der Waals surface area (Å²) in [5.74, 6) is 3.35. The number of nitrogens with zero attached hydrogens (tertiary/aromatic N) is 10. The predicted octanol–water partition coefficient (Wildman–Crippen LogP) is 7.19. The van der Waals surface area contributed by atoms with Crippen molar-refractivity contribution in [2.24, 2.45) is 0 Å². The molecule has 0 spiro atoms. The average molecular weight is 892 g/mol. The second kappa shape index (κ2) is 19.6. The number of ether oxygens (including phenoxy) is 2. The molecule has 0 radical (unpaired) electrons. The van der Waals surface area contributed by atoms with E-state index in [-0.39, 0.29) is 36.8 Å². The first-order valence-corrected chi connectivity index (χ1v) is 22.4. The SMILES string of the molecule is C=C(COC(=O)Nc1ccc(CNc2cc(N3CCCC[C@H]3CCO)nc3c(CC)cnn23)cn1)C(=O)N1CCC[C@H](n2nc(-c3ccc(Oc4ccccc4)cc3)c3c(N)ncnc32)C1. The Morgan fingerprint density at radius 3 is 2.56 bits per heavy atom. The van der Waals surface area contributed by atoms with Crippen LogP contribution in [-0.2, 0) is 22.5 Å². The molecule has 0 unspecified atom stereocenters. The summed E-state index contributed by atoms with van der Waals surface area (Å²) < 4.78 is 15.1. The van der Waals surface area contributed by atoms with E-state index in [0.29, 0.717) is 66.6 Å². The number of aryl methyl sites for hydroxylation is 1. The molecule has 18 nitrogen and oxygen atoms in total. The Morgan fingerprint density at radius 2 is 1.77 bits per heavy atom. The Bertz CT molecular complexity index is 2830. The highest BCUT2D eigenvalue weighted by molar-refractivity contribution is 5.98. The van der Waals surface area contributed by atoms with Gasteiger partial charge in [0.15, 0.2) is 11.3 Å². The molecule has 2 atom stereocenters. The number of hydrogen-bond acceptors (Lipinski definition) is 14. The van der Waals surface area contributed by atoms with Gasteiger partial charge in [0.2, 0.25) is 0 Å². The molecule has 66 heavy (non-hydrogen) atoms. The first-order valence-electron chi connectivity index (χ1n) is 22.4. The monoisotopic (exact) mass is 891 g/mol. The quantitative estimate of drug-likeness (QED) is 0.0750. The van der Waals surface area contributed by atoms with Gasteiger partial charge in [-0.2, -0.15) is 14.7 Å². The third kappa shape index (κ3) is 9.44. The maximum Gasteiger partial charge on any atom is 0.413 e. The number of aliphatic hydroxyl groups is 1. The van der Waals surface area contributed by atoms with Gasteiger partial charge in [0.1, 0.15) is 53.4 Å². The van der Waals surface area contributed by atoms with Gasteiger partial charge in [0.05, 0.1) is 17.6 Å². The molecule has 2 saturated heterocycles. The Kier molecular flexibility index (Phi) is 13.0. The second-order valence-corrected chi connectivity index (χ2v) is 16.6. The van der Waals surface area contributed by atoms with E-state index in [2.05, 4.69) is 49.1 Å². The van der Waals surface area contributed by atoms with Crippen LogP contribution in [0, 0.1) is 0 Å². The lowest BCUT2D eigenvalue weighted by Gasteiger charge is -2.36. The van der Waals surface area contributed by atoms with Gasteiger partial charge in [-0.15, -0.1) is 0 Å². The zero-order chi connectivity index (χ0) is 45.6. The van der Waals surface area contributed by atoms with E-state index in [1.165, 1.54) is 6.33 Å². The summed E-state index contributed by atoms with van der Waals surface area (Å²) in [4.78, 5) is 48.8. The molecular weight excluding hydrogens is 839 g/mol. The lowest BCUT2D eigenvalue weighted by molar-refractivity contribution is -0.129. The highest BCUT2D eigenvalue weighted by Gasteiger charge is 2.30. The van der Waals surface area contributed by atoms with Crippen molar-refractivity contribution in [3.8, 4) is 22.8 Å². The number of carbonyl (C=O) groups is 2. The maximum atomic E-state index is 13.7. The molecule has 0 aliphatic carbocycles. The number of pyridine rings is 1. The number of hydrogen-bond donors (Lipinski definition) is 4. The number of para-hydroxylation sites is 1. The fourth-order valence-electron chi connectivity index (χ4n) is 8.74. The van der Waals surface area contributed by atoms with Crippen LogP contribution < -0.4 is 26.0 Å². The molecule has 18 heteroatoms. The molecule has 2 fully saturated rings. The van der Waals surface area contributed by atoms with E-state index in [1.807, 2.05) is 82.1 Å². The van der Waals surface area contributed by atoms with Crippen LogP contribution in [-0.4, -0.2) is 100 Å². The minimum absolute atomic E-state index is 0.136. The van der Waals surface area contributed by atoms with Gasteiger partial charge in [0, 0.05) is 67.8 Å². The standard InChI is InChI=1S/C48H53N13O5/c1-3-33-27-54-61-40(24-41(56-45(33)61)59-22-8-7-10-35(59)20-23-62)51-26-32-14-19-39(50-25-32)55-48(64)65-29-31(2)47(63)58-21-9-11-36(28-58)60-46-42(44(49)52-30-53-46)43(57-60)34-15-17-38(18-16-34)66-37-12-5-4-6-13-37/h4-6,12-19,24-25,27,30,35-36,51,62H,2-3,7-11,20-23,26,28-29H2,1H3,(H2,49,52,53)(H,50,55,64)/t35-,36-/m0/s1. The van der Waals surface area contributed by atoms with Gasteiger partial charge in [-0.05, 0) is 93.0 Å². The van der Waals surface area contributed by atoms with Crippen LogP contribution in [0.2, 0.25) is 0 Å². The summed E-state index contributed by atoms with van der Waals surface area (Å²) in [6, 6.07) is 22.7. The number of anilines is 4. The summed E-state index contributed by atoms with van der Waals surface area (Å²) in [6.07, 6.45) is 10.4. The van der Waals surface area contributed by atoms with Crippen LogP contribution in [0.15, 0.2) is 104 Å². The van der Waals surface area contributed by atoms with Crippen molar-refractivity contribution in [2.45, 2.75) is 70.5 Å². The number of amides is 2. The number of rotatable bonds is 15. The zero-order valence-corrected chi connectivity index (χ0v) is 36.8. The van der Waals surface area contributed by atoms with Gasteiger partial charge in [0.25, 0.3) is 5.91 Å². The fraction of sp³-hybridized carbons (Fsp3) is 0.333. The molecule has 0 bridgehead atoms. The number of carbonyl (C=O) groups excluding carboxylic acids is 2. The van der Waals surface area contributed by atoms with Crippen molar-refractivity contribution in [3.63, 3.8) is 0 Å². The summed E-state index contributed by atoms with van der Waals surface area (Å²) in [5, 5.41) is 26.1. The minimum atomic E-state index is -0.763. The van der Waals surface area contributed by atoms with Crippen LogP contribution in [0.3, 0.4) is 0 Å². The number of likely N-dealkylation sites (tertiary alicyclic amines) is 1. The molecule has 5 aromatic heterocycles. The lowest BCUT2D eigenvalue weighted by Crippen LogP contribution is -2.42. The molecule has 7 aromatic rings. The van der Waals surface area contributed by atoms with Crippen molar-refractivity contribution in [1.29, 1.82) is 0 Å². The number of aromatic nitrogens is 8. The van der Waals surface area contributed by atoms with E-state index in [0.717, 1.165) is 78.4 Å². The van der Waals surface area contributed by atoms with Gasteiger partial charge in [-0.1, -0.05) is 37.8 Å². The molecule has 340 valence electrons. The minimum Gasteiger partial charge on any atom is -0.457 e. The van der Waals surface area contributed by atoms with E-state index in [1.54, 1.807) is 17.2 Å². The van der Waals surface area contributed by atoms with Gasteiger partial charge in [-0.25, -0.2) is 29.4 Å². The number of nitrogens with one attached hydrogen (secondary N) is 2. The largest absolute Gasteiger partial charge is 0.457 e. The first-order chi connectivity index (χ1) is 32.3. The first kappa shape index (κ1) is 43.6. The van der Waals surface area contributed by atoms with Gasteiger partial charge < -0.3 is 35.4 Å². The topological polar surface area (TPSA) is 216 Å². The van der Waals surface area contributed by atoms with E-state index in [4.69, 9.17) is 25.3 Å². The molecular formula is C48H53N13O5. The van der Waals surface area contributed by atoms with E-state index in [9.17, 15) is 14.7 Å². The van der Waals surface area contributed by atoms with Crippen LogP contribution in [0.25, 0.3) is 27.9 Å². The predicted molar refractivity (Wildman–Crippen MR) is 251 cm³/mol. The molecule has 2 aliphatic rings. The Morgan fingerprint density at radius 1 is 0.939 bits per heavy atom. The van der Waals surface area contributed by atoms with Gasteiger partial charge >= 0.3 is 6.09 Å². The molecule has 9 rings (SSSR count). The summed E-state index contributed by atoms with van der Waals surface area (Å²) in [6.45, 7) is 8.06. The Labute approximate surface area is 381 Å². The molecule has 0 saturated carbocycles. The molecule has 2 aromatic carbocycles. The second-order valence-electron chi connectivity index (χ2n) is 16.6. The summed E-state index contributed by atoms with van der Waals surface area (Å²) >= 11 is 0. The lowest BCUT2D eigenvalue weighted by atomic mass is 9.99. The molecule has 7 heterocycles. The Balaban J connectivity index is 0.794. The van der Waals surface area contributed by atoms with Crippen LogP contribution >= 0.6 is 0 Å². The highest BCUT2D eigenvalue weighted by atomic mass is 16.5. The van der Waals surface area contributed by atoms with Crippen LogP contribution in [0.1, 0.15) is 62.6 Å². The molecule has 2 amide bonds. The number of fused-ring (bicyclic) bond motifs is 2. The average Bonchev–Trinajstić information content (AvgIpc) is 3.96. The van der Waals surface area contributed by atoms with Crippen molar-refractivity contribution in [2.75, 3.05) is 54.1 Å². The van der Waals surface area contributed by atoms with Crippen LogP contribution in [0.5, 0.6) is 11.5 Å². The van der Waals surface area contributed by atoms with Gasteiger partial charge in [-0.3, -0.25) is 10.1 Å². The number of benzene rings is 2. The van der Waals surface area contributed by atoms with Crippen LogP contribution in [0.4, 0.5) is 28.1 Å². The van der Waals surface area contributed by atoms with Crippen molar-refractivity contribution in [1.82, 2.24) is 44.2 Å². The maximum absolute atomic E-state index is 13.7. The molecule has 5 N–H and O–H groups in total. The van der Waals surface area contributed by atoms with Crippen molar-refractivity contribution < 1.29 is 24.2 Å². The zero-order valence-electron chi connectivity index (χ0n) is 36.8. The van der Waals surface area contributed by atoms with E-state index >= 15 is 0 Å². The van der Waals surface area contributed by atoms with E-state index < -0.39 is 6.09 Å². The van der Waals surface area contributed by atoms with Crippen molar-refractivity contribution in [3.05, 3.63) is 115 Å². The van der Waals surface area contributed by atoms with Crippen molar-refractivity contribution >= 4 is 52.0 Å². The smallest absolute Gasteiger partial charge is 0.413 e. The third-order valence-electron chi connectivity index (χ3n) is 12.2. The summed E-state index contributed by atoms with van der Waals surface area (Å²) in [5.41, 5.74) is 11.3. The fourth-order valence-corrected chi connectivity index (χ4v) is 8.74. The molecule has 2 aliphatic heterocycles. The number of nitrogens with two attached hydrogens (primary N) is 1. The third-order valence-corrected chi connectivity index (χ3v) is 12.2. The summed E-state index contributed by atoms with van der Waals surface area (Å²) in [7, 11) is 0. The highest BCUT2D eigenvalue weighted by Crippen LogP contribution is 2.35. The number of piperidine rings is 2. The Hall–Kier alpha value is -7.60. The normalized spacial score (nSPS) is 16.3. The number of nitrogen functional groups attached to an aromatic ring is 1. The number of aliphatic hydroxyl groups excluding tert-OH is 1.